The molecule has 0 aromatic heterocycles. The zero-order valence-electron chi connectivity index (χ0n) is 17.5. The van der Waals surface area contributed by atoms with Crippen LogP contribution >= 0.6 is 0 Å². The number of aliphatic hydroxyl groups excluding tert-OH is 1. The van der Waals surface area contributed by atoms with E-state index in [4.69, 9.17) is 10.1 Å². The molecule has 0 unspecified atom stereocenters. The van der Waals surface area contributed by atoms with Gasteiger partial charge in [-0.15, -0.1) is 0 Å². The lowest BCUT2D eigenvalue weighted by atomic mass is 9.67. The first kappa shape index (κ1) is 23.4. The van der Waals surface area contributed by atoms with Gasteiger partial charge in [0.1, 0.15) is 11.7 Å². The Morgan fingerprint density at radius 1 is 1.11 bits per heavy atom. The van der Waals surface area contributed by atoms with E-state index in [1.165, 1.54) is 45.6 Å². The second-order valence-electron chi connectivity index (χ2n) is 8.36. The molecule has 0 amide bonds. The van der Waals surface area contributed by atoms with Gasteiger partial charge < -0.3 is 15.3 Å². The molecular weight excluding hydrogens is 342 g/mol. The molecule has 27 heavy (non-hydrogen) atoms. The highest BCUT2D eigenvalue weighted by molar-refractivity contribution is 6.22. The van der Waals surface area contributed by atoms with Gasteiger partial charge in [-0.1, -0.05) is 72.1 Å². The summed E-state index contributed by atoms with van der Waals surface area (Å²) in [5.41, 5.74) is -0.537. The number of unbranched alkanes of at least 4 members (excludes halogenated alkanes) is 8. The summed E-state index contributed by atoms with van der Waals surface area (Å²) in [7, 11) is 1.27. The van der Waals surface area contributed by atoms with Crippen molar-refractivity contribution in [1.82, 2.24) is 0 Å². The Morgan fingerprint density at radius 3 is 2.15 bits per heavy atom. The summed E-state index contributed by atoms with van der Waals surface area (Å²) in [6.45, 7) is 5.75. The van der Waals surface area contributed by atoms with Crippen LogP contribution in [-0.2, 0) is 14.3 Å². The van der Waals surface area contributed by atoms with Gasteiger partial charge in [0.2, 0.25) is 0 Å². The van der Waals surface area contributed by atoms with Crippen LogP contribution in [0.3, 0.4) is 0 Å². The molecule has 0 aromatic rings. The SMILES string of the molecule is CCCCCCCCCCCC(=N)C1=C(O)[C@H](C(=O)OC)C(C)(C)CC1=O. The molecule has 1 aliphatic rings. The standard InChI is InChI=1S/C22H37NO4/c1-5-6-7-8-9-10-11-12-13-14-16(23)18-17(24)15-22(2,3)19(20(18)25)21(26)27-4/h19,23,25H,5-15H2,1-4H3/t19-/m1/s1. The monoisotopic (exact) mass is 379 g/mol. The van der Waals surface area contributed by atoms with E-state index in [9.17, 15) is 14.7 Å². The van der Waals surface area contributed by atoms with Gasteiger partial charge in [-0.2, -0.15) is 0 Å². The lowest BCUT2D eigenvalue weighted by Gasteiger charge is -2.36. The fourth-order valence-corrected chi connectivity index (χ4v) is 3.87. The van der Waals surface area contributed by atoms with Gasteiger partial charge in [0.05, 0.1) is 12.7 Å². The van der Waals surface area contributed by atoms with Gasteiger partial charge in [0.15, 0.2) is 5.78 Å². The quantitative estimate of drug-likeness (QED) is 0.265. The molecule has 0 spiro atoms. The molecule has 1 aliphatic carbocycles. The maximum Gasteiger partial charge on any atom is 0.316 e. The predicted molar refractivity (Wildman–Crippen MR) is 108 cm³/mol. The number of ketones is 1. The topological polar surface area (TPSA) is 87.4 Å². The van der Waals surface area contributed by atoms with Crippen LogP contribution in [0.2, 0.25) is 0 Å². The molecule has 1 atom stereocenters. The number of hydrogen-bond donors (Lipinski definition) is 2. The third kappa shape index (κ3) is 6.78. The number of esters is 1. The largest absolute Gasteiger partial charge is 0.511 e. The third-order valence-corrected chi connectivity index (χ3v) is 5.48. The first-order valence-corrected chi connectivity index (χ1v) is 10.4. The first-order valence-electron chi connectivity index (χ1n) is 10.4. The summed E-state index contributed by atoms with van der Waals surface area (Å²) in [6.07, 6.45) is 11.2. The zero-order valence-corrected chi connectivity index (χ0v) is 17.5. The van der Waals surface area contributed by atoms with Crippen molar-refractivity contribution in [2.75, 3.05) is 7.11 Å². The molecular formula is C22H37NO4. The number of hydrogen-bond acceptors (Lipinski definition) is 5. The average molecular weight is 380 g/mol. The van der Waals surface area contributed by atoms with E-state index < -0.39 is 17.3 Å². The normalized spacial score (nSPS) is 19.3. The van der Waals surface area contributed by atoms with E-state index in [0.717, 1.165) is 19.3 Å². The maximum absolute atomic E-state index is 12.5. The van der Waals surface area contributed by atoms with Crippen molar-refractivity contribution in [1.29, 1.82) is 5.41 Å². The van der Waals surface area contributed by atoms with E-state index in [0.29, 0.717) is 6.42 Å². The summed E-state index contributed by atoms with van der Waals surface area (Å²) in [5.74, 6) is -1.99. The molecule has 5 nitrogen and oxygen atoms in total. The average Bonchev–Trinajstić information content (AvgIpc) is 2.58. The molecule has 1 rings (SSSR count). The lowest BCUT2D eigenvalue weighted by molar-refractivity contribution is -0.150. The Labute approximate surface area is 164 Å². The number of carbonyl (C=O) groups excluding carboxylic acids is 2. The second-order valence-corrected chi connectivity index (χ2v) is 8.36. The van der Waals surface area contributed by atoms with Gasteiger partial charge in [-0.25, -0.2) is 0 Å². The molecule has 0 radical (unpaired) electrons. The van der Waals surface area contributed by atoms with Gasteiger partial charge in [0.25, 0.3) is 0 Å². The van der Waals surface area contributed by atoms with Gasteiger partial charge in [-0.05, 0) is 18.3 Å². The Hall–Kier alpha value is -1.65. The zero-order chi connectivity index (χ0) is 20.4. The van der Waals surface area contributed by atoms with Crippen molar-refractivity contribution in [3.8, 4) is 0 Å². The van der Waals surface area contributed by atoms with Crippen molar-refractivity contribution < 1.29 is 19.4 Å². The van der Waals surface area contributed by atoms with E-state index >= 15 is 0 Å². The molecule has 5 heteroatoms. The van der Waals surface area contributed by atoms with Crippen molar-refractivity contribution in [2.24, 2.45) is 11.3 Å². The van der Waals surface area contributed by atoms with Crippen LogP contribution in [-0.4, -0.2) is 29.7 Å². The van der Waals surface area contributed by atoms with Crippen LogP contribution in [0.15, 0.2) is 11.3 Å². The number of Topliss-reactive ketones (excluding diaryl/α,β-unsaturated/α-hetero) is 1. The van der Waals surface area contributed by atoms with E-state index in [1.54, 1.807) is 13.8 Å². The number of aliphatic hydroxyl groups is 1. The molecule has 154 valence electrons. The van der Waals surface area contributed by atoms with Crippen molar-refractivity contribution in [3.05, 3.63) is 11.3 Å². The van der Waals surface area contributed by atoms with Crippen LogP contribution in [0.1, 0.15) is 91.4 Å². The molecule has 0 saturated carbocycles. The minimum Gasteiger partial charge on any atom is -0.511 e. The highest BCUT2D eigenvalue weighted by Gasteiger charge is 2.47. The third-order valence-electron chi connectivity index (χ3n) is 5.48. The summed E-state index contributed by atoms with van der Waals surface area (Å²) < 4.78 is 4.80. The lowest BCUT2D eigenvalue weighted by Crippen LogP contribution is -2.41. The molecule has 0 saturated heterocycles. The van der Waals surface area contributed by atoms with E-state index in [2.05, 4.69) is 6.92 Å². The number of methoxy groups -OCH3 is 1. The fourth-order valence-electron chi connectivity index (χ4n) is 3.87. The molecule has 0 bridgehead atoms. The molecule has 0 aromatic carbocycles. The molecule has 0 heterocycles. The van der Waals surface area contributed by atoms with Crippen LogP contribution < -0.4 is 0 Å². The number of nitrogens with one attached hydrogen (secondary N) is 1. The second kappa shape index (κ2) is 11.3. The molecule has 0 aliphatic heterocycles. The first-order chi connectivity index (χ1) is 12.8. The van der Waals surface area contributed by atoms with Crippen LogP contribution in [0.4, 0.5) is 0 Å². The van der Waals surface area contributed by atoms with Crippen molar-refractivity contribution in [3.63, 3.8) is 0 Å². The van der Waals surface area contributed by atoms with Gasteiger partial charge in [-0.3, -0.25) is 9.59 Å². The number of ether oxygens (including phenoxy) is 1. The molecule has 0 fully saturated rings. The number of rotatable bonds is 12. The Morgan fingerprint density at radius 2 is 1.63 bits per heavy atom. The minimum absolute atomic E-state index is 0.0318. The van der Waals surface area contributed by atoms with Crippen molar-refractivity contribution >= 4 is 17.5 Å². The highest BCUT2D eigenvalue weighted by atomic mass is 16.5. The van der Waals surface area contributed by atoms with Gasteiger partial charge >= 0.3 is 5.97 Å². The molecule has 2 N–H and O–H groups in total. The summed E-state index contributed by atoms with van der Waals surface area (Å²) in [5, 5.41) is 18.8. The highest BCUT2D eigenvalue weighted by Crippen LogP contribution is 2.42. The summed E-state index contributed by atoms with van der Waals surface area (Å²) >= 11 is 0. The summed E-state index contributed by atoms with van der Waals surface area (Å²) in [4.78, 5) is 24.6. The smallest absolute Gasteiger partial charge is 0.316 e. The van der Waals surface area contributed by atoms with Crippen molar-refractivity contribution in [2.45, 2.75) is 91.4 Å². The van der Waals surface area contributed by atoms with Gasteiger partial charge in [0, 0.05) is 12.1 Å². The maximum atomic E-state index is 12.5. The number of carbonyl (C=O) groups is 2. The van der Waals surface area contributed by atoms with E-state index in [1.807, 2.05) is 0 Å². The summed E-state index contributed by atoms with van der Waals surface area (Å²) in [6, 6.07) is 0. The Bertz CT molecular complexity index is 563. The number of allylic oxidation sites excluding steroid dienone is 1. The fraction of sp³-hybridized carbons (Fsp3) is 0.773. The van der Waals surface area contributed by atoms with Crippen LogP contribution in [0, 0.1) is 16.7 Å². The Kier molecular flexibility index (Phi) is 9.75. The van der Waals surface area contributed by atoms with Crippen LogP contribution in [0.5, 0.6) is 0 Å². The van der Waals surface area contributed by atoms with E-state index in [-0.39, 0.29) is 29.2 Å². The Balaban J connectivity index is 2.55. The van der Waals surface area contributed by atoms with Crippen LogP contribution in [0.25, 0.3) is 0 Å². The predicted octanol–water partition coefficient (Wildman–Crippen LogP) is 5.53. The minimum atomic E-state index is -0.890.